The Balaban J connectivity index is 1.86. The number of hydrogen-bond acceptors (Lipinski definition) is 4. The normalized spacial score (nSPS) is 11.3. The molecule has 0 bridgehead atoms. The summed E-state index contributed by atoms with van der Waals surface area (Å²) in [5, 5.41) is 18.0. The zero-order chi connectivity index (χ0) is 29.8. The number of pyridine rings is 1. The number of carbonyl (C=O) groups is 1. The molecule has 0 aliphatic rings. The van der Waals surface area contributed by atoms with E-state index in [1.54, 1.807) is 15.7 Å². The number of nitrogens with one attached hydrogen (secondary N) is 2. The average Bonchev–Trinajstić information content (AvgIpc) is 3.04. The number of fused-ring (bicyclic) bond motifs is 1. The van der Waals surface area contributed by atoms with Crippen molar-refractivity contribution in [3.63, 3.8) is 0 Å². The van der Waals surface area contributed by atoms with Crippen LogP contribution in [0.5, 0.6) is 0 Å². The number of rotatable bonds is 15. The van der Waals surface area contributed by atoms with E-state index in [-0.39, 0.29) is 5.91 Å². The van der Waals surface area contributed by atoms with Crippen molar-refractivity contribution in [2.45, 2.75) is 79.2 Å². The van der Waals surface area contributed by atoms with E-state index >= 15 is 0 Å². The first kappa shape index (κ1) is 31.6. The molecule has 0 radical (unpaired) electrons. The maximum atomic E-state index is 13.1. The summed E-state index contributed by atoms with van der Waals surface area (Å²) in [4.78, 5) is 18.0. The van der Waals surface area contributed by atoms with Crippen molar-refractivity contribution in [2.75, 3.05) is 10.6 Å². The van der Waals surface area contributed by atoms with E-state index in [0.717, 1.165) is 22.2 Å². The van der Waals surface area contributed by atoms with Crippen molar-refractivity contribution < 1.29 is 4.79 Å². The number of aromatic nitrogens is 1. The van der Waals surface area contributed by atoms with Gasteiger partial charge in [0.2, 0.25) is 0 Å². The fraction of sp³-hybridized carbons (Fsp3) is 0.361. The number of nitrogens with zero attached hydrogens (tertiary/aromatic N) is 2. The Kier molecular flexibility index (Phi) is 11.8. The molecule has 4 rings (SSSR count). The Hall–Kier alpha value is -3.37. The molecule has 5 nitrogen and oxygen atoms in total. The summed E-state index contributed by atoms with van der Waals surface area (Å²) in [5.74, 6) is 0.0124. The fourth-order valence-corrected chi connectivity index (χ4v) is 21.9. The van der Waals surface area contributed by atoms with Gasteiger partial charge < -0.3 is 0 Å². The molecule has 0 saturated carbocycles. The summed E-state index contributed by atoms with van der Waals surface area (Å²) < 4.78 is 5.65. The van der Waals surface area contributed by atoms with E-state index in [9.17, 15) is 10.1 Å². The van der Waals surface area contributed by atoms with Crippen LogP contribution in [0.1, 0.15) is 80.8 Å². The van der Waals surface area contributed by atoms with E-state index in [2.05, 4.69) is 67.8 Å². The molecule has 0 atom stereocenters. The number of anilines is 2. The van der Waals surface area contributed by atoms with Gasteiger partial charge >= 0.3 is 257 Å². The van der Waals surface area contributed by atoms with Crippen molar-refractivity contribution >= 4 is 50.3 Å². The Morgan fingerprint density at radius 1 is 0.833 bits per heavy atom. The predicted octanol–water partition coefficient (Wildman–Crippen LogP) is 9.03. The molecule has 218 valence electrons. The van der Waals surface area contributed by atoms with Gasteiger partial charge in [-0.15, -0.1) is 0 Å². The molecule has 0 fully saturated rings. The van der Waals surface area contributed by atoms with E-state index in [1.165, 1.54) is 51.8 Å². The van der Waals surface area contributed by atoms with Gasteiger partial charge in [-0.3, -0.25) is 0 Å². The van der Waals surface area contributed by atoms with Gasteiger partial charge in [-0.25, -0.2) is 0 Å². The number of unbranched alkanes of at least 4 members (excludes halogenated alkanes) is 3. The number of hydrogen-bond donors (Lipinski definition) is 2. The van der Waals surface area contributed by atoms with Crippen molar-refractivity contribution in [2.24, 2.45) is 0 Å². The van der Waals surface area contributed by atoms with E-state index in [1.807, 2.05) is 36.4 Å². The second-order valence-electron chi connectivity index (χ2n) is 11.3. The van der Waals surface area contributed by atoms with Gasteiger partial charge in [0.25, 0.3) is 0 Å². The summed E-state index contributed by atoms with van der Waals surface area (Å²) >= 11 is -2.74. The minimum absolute atomic E-state index is 0.279. The molecule has 0 unspecified atom stereocenters. The predicted molar refractivity (Wildman–Crippen MR) is 179 cm³/mol. The molecule has 4 aromatic rings. The molecule has 6 heteroatoms. The topological polar surface area (TPSA) is 77.8 Å². The summed E-state index contributed by atoms with van der Waals surface area (Å²) in [7, 11) is 0. The van der Waals surface area contributed by atoms with Crippen molar-refractivity contribution in [3.8, 4) is 6.07 Å². The van der Waals surface area contributed by atoms with Crippen LogP contribution in [0, 0.1) is 11.3 Å². The number of amides is 1. The van der Waals surface area contributed by atoms with Crippen LogP contribution in [0.3, 0.4) is 0 Å². The van der Waals surface area contributed by atoms with Gasteiger partial charge in [0, 0.05) is 0 Å². The summed E-state index contributed by atoms with van der Waals surface area (Å²) in [6.45, 7) is 7.48. The Labute approximate surface area is 255 Å². The van der Waals surface area contributed by atoms with Crippen LogP contribution >= 0.6 is 0 Å². The first-order valence-electron chi connectivity index (χ1n) is 15.6. The SMILES string of the molecule is CCC[CH2][Sn]([CH2]CCC)([CH2]CCC)[c]1ccc2nc(NC(=O)c3ccccc3)c(C#N)c(NCc3ccccc3)c2c1. The number of benzene rings is 3. The van der Waals surface area contributed by atoms with Crippen LogP contribution in [0.25, 0.3) is 10.9 Å². The van der Waals surface area contributed by atoms with Gasteiger partial charge in [-0.1, -0.05) is 0 Å². The second kappa shape index (κ2) is 15.7. The van der Waals surface area contributed by atoms with Crippen LogP contribution in [-0.4, -0.2) is 29.3 Å². The Morgan fingerprint density at radius 3 is 2.00 bits per heavy atom. The Morgan fingerprint density at radius 2 is 1.43 bits per heavy atom. The standard InChI is InChI=1S/C24H17N4O.3C4H9.Sn/c25-15-20-22(26-16-17-9-3-1-4-10-17)19-13-7-8-14-21(19)27-23(20)28-24(29)18-11-5-2-6-12-18;3*1-3-4-2;/h1-6,8-14H,16H2,(H2,26,27,28,29);3*1,3-4H2,2H3;. The zero-order valence-corrected chi connectivity index (χ0v) is 28.2. The maximum absolute atomic E-state index is 13.1. The molecular formula is C36H44N4OSn. The Bertz CT molecular complexity index is 1480. The summed E-state index contributed by atoms with van der Waals surface area (Å²) in [6, 6.07) is 28.5. The van der Waals surface area contributed by atoms with Crippen LogP contribution in [0.15, 0.2) is 78.9 Å². The third-order valence-corrected chi connectivity index (χ3v) is 23.9. The van der Waals surface area contributed by atoms with Crippen molar-refractivity contribution in [3.05, 3.63) is 95.6 Å². The molecule has 42 heavy (non-hydrogen) atoms. The quantitative estimate of drug-likeness (QED) is 0.124. The van der Waals surface area contributed by atoms with Crippen LogP contribution < -0.4 is 14.2 Å². The molecule has 1 amide bonds. The van der Waals surface area contributed by atoms with E-state index in [0.29, 0.717) is 23.5 Å². The number of nitriles is 1. The van der Waals surface area contributed by atoms with Crippen LogP contribution in [0.4, 0.5) is 11.5 Å². The van der Waals surface area contributed by atoms with Gasteiger partial charge in [0.15, 0.2) is 0 Å². The van der Waals surface area contributed by atoms with Crippen LogP contribution in [0.2, 0.25) is 13.3 Å². The van der Waals surface area contributed by atoms with Crippen LogP contribution in [-0.2, 0) is 6.54 Å². The molecule has 0 aliphatic heterocycles. The minimum atomic E-state index is -2.74. The summed E-state index contributed by atoms with van der Waals surface area (Å²) in [5.41, 5.74) is 3.56. The van der Waals surface area contributed by atoms with E-state index < -0.39 is 18.4 Å². The molecule has 0 saturated heterocycles. The summed E-state index contributed by atoms with van der Waals surface area (Å²) in [6.07, 6.45) is 7.52. The first-order valence-corrected chi connectivity index (χ1v) is 23.1. The second-order valence-corrected chi connectivity index (χ2v) is 24.5. The average molecular weight is 667 g/mol. The number of carbonyl (C=O) groups excluding carboxylic acids is 1. The molecule has 0 aliphatic carbocycles. The van der Waals surface area contributed by atoms with Gasteiger partial charge in [-0.05, 0) is 0 Å². The third kappa shape index (κ3) is 7.72. The van der Waals surface area contributed by atoms with Crippen molar-refractivity contribution in [1.82, 2.24) is 4.98 Å². The van der Waals surface area contributed by atoms with E-state index in [4.69, 9.17) is 4.98 Å². The van der Waals surface area contributed by atoms with Crippen molar-refractivity contribution in [1.29, 1.82) is 5.26 Å². The van der Waals surface area contributed by atoms with Gasteiger partial charge in [-0.2, -0.15) is 0 Å². The molecule has 2 N–H and O–H groups in total. The molecular weight excluding hydrogens is 623 g/mol. The fourth-order valence-electron chi connectivity index (χ4n) is 5.89. The molecule has 0 spiro atoms. The van der Waals surface area contributed by atoms with Gasteiger partial charge in [0.05, 0.1) is 0 Å². The first-order chi connectivity index (χ1) is 20.5. The molecule has 1 aromatic heterocycles. The monoisotopic (exact) mass is 668 g/mol. The third-order valence-electron chi connectivity index (χ3n) is 8.32. The molecule has 1 heterocycles. The molecule has 3 aromatic carbocycles. The van der Waals surface area contributed by atoms with Gasteiger partial charge in [0.1, 0.15) is 0 Å². The zero-order valence-electron chi connectivity index (χ0n) is 25.4.